The Hall–Kier alpha value is -1.86. The third-order valence-corrected chi connectivity index (χ3v) is 1.87. The lowest BCUT2D eigenvalue weighted by Gasteiger charge is -2.06. The summed E-state index contributed by atoms with van der Waals surface area (Å²) in [6.45, 7) is 1.36. The molecule has 1 aromatic carbocycles. The molecule has 0 heterocycles. The van der Waals surface area contributed by atoms with Crippen LogP contribution in [-0.4, -0.2) is 16.2 Å². The highest BCUT2D eigenvalue weighted by Gasteiger charge is 2.15. The molecule has 4 heteroatoms. The third-order valence-electron chi connectivity index (χ3n) is 1.87. The number of aliphatic hydroxyl groups is 1. The van der Waals surface area contributed by atoms with Crippen molar-refractivity contribution in [3.63, 3.8) is 0 Å². The van der Waals surface area contributed by atoms with Crippen LogP contribution in [0, 0.1) is 18.3 Å². The summed E-state index contributed by atoms with van der Waals surface area (Å²) < 4.78 is 0. The highest BCUT2D eigenvalue weighted by atomic mass is 16.4. The van der Waals surface area contributed by atoms with Crippen LogP contribution in [0.2, 0.25) is 0 Å². The van der Waals surface area contributed by atoms with Crippen molar-refractivity contribution >= 4 is 5.97 Å². The maximum Gasteiger partial charge on any atom is 0.337 e. The van der Waals surface area contributed by atoms with E-state index >= 15 is 0 Å². The largest absolute Gasteiger partial charge is 0.478 e. The van der Waals surface area contributed by atoms with Gasteiger partial charge in [0.15, 0.2) is 0 Å². The van der Waals surface area contributed by atoms with Gasteiger partial charge in [-0.2, -0.15) is 5.26 Å². The zero-order valence-electron chi connectivity index (χ0n) is 7.61. The van der Waals surface area contributed by atoms with Crippen LogP contribution in [-0.2, 0) is 6.61 Å². The molecule has 0 spiro atoms. The molecule has 0 fully saturated rings. The highest BCUT2D eigenvalue weighted by Crippen LogP contribution is 2.17. The van der Waals surface area contributed by atoms with E-state index in [4.69, 9.17) is 15.5 Å². The summed E-state index contributed by atoms with van der Waals surface area (Å²) in [5, 5.41) is 26.5. The molecule has 2 N–H and O–H groups in total. The molecule has 0 aromatic heterocycles. The van der Waals surface area contributed by atoms with Crippen LogP contribution >= 0.6 is 0 Å². The molecular formula is C10H9NO3. The number of rotatable bonds is 2. The minimum Gasteiger partial charge on any atom is -0.478 e. The number of nitriles is 1. The number of nitrogens with zero attached hydrogens (tertiary/aromatic N) is 1. The van der Waals surface area contributed by atoms with Crippen LogP contribution < -0.4 is 0 Å². The zero-order chi connectivity index (χ0) is 10.7. The van der Waals surface area contributed by atoms with E-state index in [2.05, 4.69) is 0 Å². The summed E-state index contributed by atoms with van der Waals surface area (Å²) in [6, 6.07) is 4.85. The maximum atomic E-state index is 10.8. The fourth-order valence-electron chi connectivity index (χ4n) is 1.33. The van der Waals surface area contributed by atoms with Crippen LogP contribution in [0.15, 0.2) is 12.1 Å². The number of carboxylic acids is 1. The number of carboxylic acid groups (broad SMARTS) is 1. The second-order valence-corrected chi connectivity index (χ2v) is 2.92. The van der Waals surface area contributed by atoms with Crippen molar-refractivity contribution in [2.75, 3.05) is 0 Å². The molecule has 1 aromatic rings. The Labute approximate surface area is 81.0 Å². The smallest absolute Gasteiger partial charge is 0.337 e. The van der Waals surface area contributed by atoms with Crippen molar-refractivity contribution in [2.45, 2.75) is 13.5 Å². The number of benzene rings is 1. The predicted octanol–water partition coefficient (Wildman–Crippen LogP) is 1.06. The Kier molecular flexibility index (Phi) is 2.85. The van der Waals surface area contributed by atoms with Gasteiger partial charge in [0.1, 0.15) is 6.07 Å². The molecule has 0 unspecified atom stereocenters. The first kappa shape index (κ1) is 10.2. The Balaban J connectivity index is 3.50. The molecule has 4 nitrogen and oxygen atoms in total. The predicted molar refractivity (Wildman–Crippen MR) is 48.8 cm³/mol. The van der Waals surface area contributed by atoms with Gasteiger partial charge in [-0.05, 0) is 24.1 Å². The summed E-state index contributed by atoms with van der Waals surface area (Å²) >= 11 is 0. The van der Waals surface area contributed by atoms with Gasteiger partial charge in [0.2, 0.25) is 0 Å². The van der Waals surface area contributed by atoms with Gasteiger partial charge < -0.3 is 10.2 Å². The average molecular weight is 191 g/mol. The zero-order valence-corrected chi connectivity index (χ0v) is 7.61. The second-order valence-electron chi connectivity index (χ2n) is 2.92. The first-order valence-electron chi connectivity index (χ1n) is 3.98. The number of aliphatic hydroxyl groups excluding tert-OH is 1. The summed E-state index contributed by atoms with van der Waals surface area (Å²) in [4.78, 5) is 10.8. The monoisotopic (exact) mass is 191 g/mol. The van der Waals surface area contributed by atoms with E-state index in [1.54, 1.807) is 19.1 Å². The number of carbonyl (C=O) groups is 1. The minimum absolute atomic E-state index is 0.0848. The molecule has 0 amide bonds. The van der Waals surface area contributed by atoms with Gasteiger partial charge in [0.25, 0.3) is 0 Å². The lowest BCUT2D eigenvalue weighted by Crippen LogP contribution is -2.06. The van der Waals surface area contributed by atoms with Gasteiger partial charge in [-0.15, -0.1) is 0 Å². The van der Waals surface area contributed by atoms with Gasteiger partial charge in [-0.25, -0.2) is 4.79 Å². The second kappa shape index (κ2) is 3.90. The maximum absolute atomic E-state index is 10.8. The van der Waals surface area contributed by atoms with Crippen molar-refractivity contribution in [3.05, 3.63) is 34.4 Å². The van der Waals surface area contributed by atoms with Crippen molar-refractivity contribution < 1.29 is 15.0 Å². The Morgan fingerprint density at radius 2 is 2.21 bits per heavy atom. The SMILES string of the molecule is Cc1cc(C#N)c(C(=O)O)c(CO)c1. The topological polar surface area (TPSA) is 81.3 Å². The third kappa shape index (κ3) is 1.73. The van der Waals surface area contributed by atoms with E-state index in [-0.39, 0.29) is 23.3 Å². The van der Waals surface area contributed by atoms with E-state index in [0.717, 1.165) is 5.56 Å². The summed E-state index contributed by atoms with van der Waals surface area (Å²) in [7, 11) is 0. The average Bonchev–Trinajstić information content (AvgIpc) is 2.15. The van der Waals surface area contributed by atoms with Crippen molar-refractivity contribution in [1.82, 2.24) is 0 Å². The van der Waals surface area contributed by atoms with E-state index in [1.807, 2.05) is 0 Å². The van der Waals surface area contributed by atoms with E-state index in [9.17, 15) is 4.79 Å². The highest BCUT2D eigenvalue weighted by molar-refractivity contribution is 5.92. The molecule has 1 rings (SSSR count). The normalized spacial score (nSPS) is 9.50. The van der Waals surface area contributed by atoms with E-state index in [1.165, 1.54) is 6.07 Å². The van der Waals surface area contributed by atoms with E-state index in [0.29, 0.717) is 0 Å². The molecule has 0 bridgehead atoms. The van der Waals surface area contributed by atoms with Gasteiger partial charge in [-0.3, -0.25) is 0 Å². The fourth-order valence-corrected chi connectivity index (χ4v) is 1.33. The lowest BCUT2D eigenvalue weighted by atomic mass is 9.99. The molecule has 72 valence electrons. The van der Waals surface area contributed by atoms with Gasteiger partial charge in [0, 0.05) is 0 Å². The molecule has 0 saturated heterocycles. The number of aromatic carboxylic acids is 1. The van der Waals surface area contributed by atoms with Gasteiger partial charge >= 0.3 is 5.97 Å². The van der Waals surface area contributed by atoms with Crippen LogP contribution in [0.4, 0.5) is 0 Å². The minimum atomic E-state index is -1.19. The van der Waals surface area contributed by atoms with Crippen LogP contribution in [0.3, 0.4) is 0 Å². The Morgan fingerprint density at radius 3 is 2.64 bits per heavy atom. The summed E-state index contributed by atoms with van der Waals surface area (Å²) in [6.07, 6.45) is 0. The molecule has 0 aliphatic carbocycles. The molecule has 0 saturated carbocycles. The first-order chi connectivity index (χ1) is 6.60. The van der Waals surface area contributed by atoms with Gasteiger partial charge in [0.05, 0.1) is 17.7 Å². The summed E-state index contributed by atoms with van der Waals surface area (Å²) in [5.41, 5.74) is 1.01. The molecule has 14 heavy (non-hydrogen) atoms. The number of aryl methyl sites for hydroxylation is 1. The van der Waals surface area contributed by atoms with Crippen LogP contribution in [0.25, 0.3) is 0 Å². The Bertz CT molecular complexity index is 418. The standard InChI is InChI=1S/C10H9NO3/c1-6-2-7(4-11)9(10(13)14)8(3-6)5-12/h2-3,12H,5H2,1H3,(H,13,14). The van der Waals surface area contributed by atoms with Crippen LogP contribution in [0.5, 0.6) is 0 Å². The first-order valence-corrected chi connectivity index (χ1v) is 3.98. The van der Waals surface area contributed by atoms with Crippen molar-refractivity contribution in [2.24, 2.45) is 0 Å². The molecule has 0 aliphatic rings. The van der Waals surface area contributed by atoms with E-state index < -0.39 is 5.97 Å². The Morgan fingerprint density at radius 1 is 1.57 bits per heavy atom. The number of hydrogen-bond acceptors (Lipinski definition) is 3. The van der Waals surface area contributed by atoms with Gasteiger partial charge in [-0.1, -0.05) is 6.07 Å². The molecule has 0 radical (unpaired) electrons. The van der Waals surface area contributed by atoms with Crippen LogP contribution in [0.1, 0.15) is 27.0 Å². The molecular weight excluding hydrogens is 182 g/mol. The lowest BCUT2D eigenvalue weighted by molar-refractivity contribution is 0.0693. The quantitative estimate of drug-likeness (QED) is 0.732. The number of hydrogen-bond donors (Lipinski definition) is 2. The van der Waals surface area contributed by atoms with Crippen molar-refractivity contribution in [3.8, 4) is 6.07 Å². The fraction of sp³-hybridized carbons (Fsp3) is 0.200. The molecule has 0 atom stereocenters. The molecule has 0 aliphatic heterocycles. The van der Waals surface area contributed by atoms with Crippen molar-refractivity contribution in [1.29, 1.82) is 5.26 Å². The summed E-state index contributed by atoms with van der Waals surface area (Å²) in [5.74, 6) is -1.19.